The van der Waals surface area contributed by atoms with Gasteiger partial charge in [0.1, 0.15) is 11.9 Å². The molecule has 1 unspecified atom stereocenters. The van der Waals surface area contributed by atoms with Crippen molar-refractivity contribution in [2.24, 2.45) is 13.0 Å². The lowest BCUT2D eigenvalue weighted by atomic mass is 9.93. The van der Waals surface area contributed by atoms with Gasteiger partial charge in [-0.05, 0) is 39.0 Å². The highest BCUT2D eigenvalue weighted by Gasteiger charge is 2.38. The highest BCUT2D eigenvalue weighted by molar-refractivity contribution is 7.89. The molecule has 1 atom stereocenters. The Balaban J connectivity index is 1.66. The number of nitrogens with zero attached hydrogens (tertiary/aromatic N) is 4. The Morgan fingerprint density at radius 1 is 1.15 bits per heavy atom. The van der Waals surface area contributed by atoms with Gasteiger partial charge >= 0.3 is 5.97 Å². The van der Waals surface area contributed by atoms with Gasteiger partial charge in [-0.2, -0.15) is 4.31 Å². The van der Waals surface area contributed by atoms with Crippen LogP contribution in [0.2, 0.25) is 0 Å². The molecule has 3 rings (SSSR count). The van der Waals surface area contributed by atoms with E-state index in [1.165, 1.54) is 15.4 Å². The van der Waals surface area contributed by atoms with Crippen molar-refractivity contribution in [2.45, 2.75) is 50.1 Å². The molecule has 9 nitrogen and oxygen atoms in total. The van der Waals surface area contributed by atoms with E-state index in [1.54, 1.807) is 18.5 Å². The third kappa shape index (κ3) is 3.86. The topological polar surface area (TPSA) is 113 Å². The Hall–Kier alpha value is -1.94. The summed E-state index contributed by atoms with van der Waals surface area (Å²) >= 11 is 0. The summed E-state index contributed by atoms with van der Waals surface area (Å²) in [7, 11) is -1.94. The zero-order chi connectivity index (χ0) is 19.8. The van der Waals surface area contributed by atoms with Crippen LogP contribution in [0, 0.1) is 12.8 Å². The second-order valence-corrected chi connectivity index (χ2v) is 9.18. The number of sulfonamides is 1. The molecule has 0 aliphatic carbocycles. The Kier molecular flexibility index (Phi) is 5.57. The van der Waals surface area contributed by atoms with E-state index >= 15 is 0 Å². The van der Waals surface area contributed by atoms with Gasteiger partial charge in [0.05, 0.1) is 0 Å². The van der Waals surface area contributed by atoms with Crippen molar-refractivity contribution in [3.8, 4) is 0 Å². The minimum absolute atomic E-state index is 0.0225. The lowest BCUT2D eigenvalue weighted by Crippen LogP contribution is -2.52. The molecule has 0 spiro atoms. The van der Waals surface area contributed by atoms with E-state index in [4.69, 9.17) is 0 Å². The summed E-state index contributed by atoms with van der Waals surface area (Å²) in [6, 6.07) is -0.760. The molecule has 0 aromatic carbocycles. The van der Waals surface area contributed by atoms with Gasteiger partial charge in [-0.3, -0.25) is 4.79 Å². The van der Waals surface area contributed by atoms with E-state index in [0.29, 0.717) is 31.6 Å². The molecule has 27 heavy (non-hydrogen) atoms. The Morgan fingerprint density at radius 3 is 2.37 bits per heavy atom. The van der Waals surface area contributed by atoms with Crippen molar-refractivity contribution in [1.29, 1.82) is 0 Å². The first-order chi connectivity index (χ1) is 12.7. The molecule has 0 bridgehead atoms. The molecule has 1 aromatic rings. The molecule has 2 aliphatic heterocycles. The number of carboxylic acid groups (broad SMARTS) is 1. The largest absolute Gasteiger partial charge is 0.480 e. The van der Waals surface area contributed by atoms with E-state index in [0.717, 1.165) is 12.8 Å². The fraction of sp³-hybridized carbons (Fsp3) is 0.706. The third-order valence-corrected chi connectivity index (χ3v) is 7.34. The highest BCUT2D eigenvalue weighted by atomic mass is 32.2. The predicted molar refractivity (Wildman–Crippen MR) is 96.4 cm³/mol. The van der Waals surface area contributed by atoms with Gasteiger partial charge in [0, 0.05) is 38.8 Å². The van der Waals surface area contributed by atoms with Crippen LogP contribution in [0.25, 0.3) is 0 Å². The summed E-state index contributed by atoms with van der Waals surface area (Å²) in [5.41, 5.74) is 0. The van der Waals surface area contributed by atoms with Gasteiger partial charge in [-0.25, -0.2) is 18.2 Å². The minimum Gasteiger partial charge on any atom is -0.480 e. The number of likely N-dealkylation sites (tertiary alicyclic amines) is 1. The van der Waals surface area contributed by atoms with E-state index in [9.17, 15) is 23.1 Å². The first kappa shape index (κ1) is 19.8. The Bertz CT molecular complexity index is 807. The normalized spacial score (nSPS) is 22.7. The lowest BCUT2D eigenvalue weighted by molar-refractivity contribution is -0.154. The summed E-state index contributed by atoms with van der Waals surface area (Å²) in [6.45, 7) is 2.67. The number of hydrogen-bond acceptors (Lipinski definition) is 5. The van der Waals surface area contributed by atoms with Gasteiger partial charge in [0.15, 0.2) is 5.03 Å². The number of rotatable bonds is 4. The van der Waals surface area contributed by atoms with Crippen molar-refractivity contribution in [2.75, 3.05) is 19.6 Å². The van der Waals surface area contributed by atoms with Crippen LogP contribution in [0.5, 0.6) is 0 Å². The summed E-state index contributed by atoms with van der Waals surface area (Å²) in [5, 5.41) is 9.39. The molecule has 1 aromatic heterocycles. The number of aryl methyl sites for hydroxylation is 2. The number of imidazole rings is 1. The number of aromatic nitrogens is 2. The van der Waals surface area contributed by atoms with Crippen molar-refractivity contribution in [3.63, 3.8) is 0 Å². The average Bonchev–Trinajstić information content (AvgIpc) is 3.00. The zero-order valence-electron chi connectivity index (χ0n) is 15.7. The Morgan fingerprint density at radius 2 is 1.81 bits per heavy atom. The van der Waals surface area contributed by atoms with Crippen molar-refractivity contribution in [3.05, 3.63) is 12.0 Å². The molecule has 10 heteroatoms. The van der Waals surface area contributed by atoms with Crippen molar-refractivity contribution < 1.29 is 23.1 Å². The van der Waals surface area contributed by atoms with Gasteiger partial charge in [0.25, 0.3) is 10.0 Å². The first-order valence-corrected chi connectivity index (χ1v) is 10.7. The van der Waals surface area contributed by atoms with E-state index in [2.05, 4.69) is 4.98 Å². The van der Waals surface area contributed by atoms with E-state index < -0.39 is 22.0 Å². The second-order valence-electron chi connectivity index (χ2n) is 7.30. The van der Waals surface area contributed by atoms with Gasteiger partial charge in [0.2, 0.25) is 5.91 Å². The molecule has 0 saturated carbocycles. The second kappa shape index (κ2) is 7.59. The SMILES string of the molecule is Cc1nc(S(=O)(=O)N2CCC(C(=O)N3CCCCC3C(=O)O)CC2)cn1C. The van der Waals surface area contributed by atoms with E-state index in [-0.39, 0.29) is 29.9 Å². The fourth-order valence-electron chi connectivity index (χ4n) is 3.81. The smallest absolute Gasteiger partial charge is 0.326 e. The number of hydrogen-bond donors (Lipinski definition) is 1. The van der Waals surface area contributed by atoms with Crippen molar-refractivity contribution in [1.82, 2.24) is 18.8 Å². The number of carbonyl (C=O) groups excluding carboxylic acids is 1. The molecule has 2 fully saturated rings. The number of piperidine rings is 2. The molecule has 3 heterocycles. The van der Waals surface area contributed by atoms with Crippen LogP contribution in [0.4, 0.5) is 0 Å². The minimum atomic E-state index is -3.68. The quantitative estimate of drug-likeness (QED) is 0.794. The highest BCUT2D eigenvalue weighted by Crippen LogP contribution is 2.27. The predicted octanol–water partition coefficient (Wildman–Crippen LogP) is 0.595. The number of aliphatic carboxylic acids is 1. The van der Waals surface area contributed by atoms with Gasteiger partial charge in [-0.1, -0.05) is 0 Å². The maximum atomic E-state index is 12.8. The van der Waals surface area contributed by atoms with Crippen LogP contribution >= 0.6 is 0 Å². The van der Waals surface area contributed by atoms with Crippen LogP contribution in [0.1, 0.15) is 37.9 Å². The number of carbonyl (C=O) groups is 2. The van der Waals surface area contributed by atoms with Gasteiger partial charge < -0.3 is 14.6 Å². The summed E-state index contributed by atoms with van der Waals surface area (Å²) in [5.74, 6) is -0.841. The third-order valence-electron chi connectivity index (χ3n) is 5.56. The maximum Gasteiger partial charge on any atom is 0.326 e. The molecule has 1 amide bonds. The van der Waals surface area contributed by atoms with Crippen LogP contribution in [-0.2, 0) is 26.7 Å². The maximum absolute atomic E-state index is 12.8. The van der Waals surface area contributed by atoms with Crippen molar-refractivity contribution >= 4 is 21.9 Å². The van der Waals surface area contributed by atoms with E-state index in [1.807, 2.05) is 0 Å². The fourth-order valence-corrected chi connectivity index (χ4v) is 5.31. The Labute approximate surface area is 159 Å². The number of amides is 1. The molecule has 2 aliphatic rings. The van der Waals surface area contributed by atoms with Crippen LogP contribution in [-0.4, -0.2) is 69.8 Å². The molecule has 150 valence electrons. The molecular formula is C17H26N4O5S. The molecular weight excluding hydrogens is 372 g/mol. The summed E-state index contributed by atoms with van der Waals surface area (Å²) in [4.78, 5) is 29.8. The summed E-state index contributed by atoms with van der Waals surface area (Å²) < 4.78 is 28.5. The molecule has 1 N–H and O–H groups in total. The lowest BCUT2D eigenvalue weighted by Gasteiger charge is -2.37. The van der Waals surface area contributed by atoms with Gasteiger partial charge in [-0.15, -0.1) is 0 Å². The van der Waals surface area contributed by atoms with Crippen LogP contribution < -0.4 is 0 Å². The van der Waals surface area contributed by atoms with Crippen LogP contribution in [0.3, 0.4) is 0 Å². The van der Waals surface area contributed by atoms with Crippen LogP contribution in [0.15, 0.2) is 11.2 Å². The summed E-state index contributed by atoms with van der Waals surface area (Å²) in [6.07, 6.45) is 4.38. The first-order valence-electron chi connectivity index (χ1n) is 9.25. The average molecular weight is 398 g/mol. The molecule has 2 saturated heterocycles. The molecule has 0 radical (unpaired) electrons. The monoisotopic (exact) mass is 398 g/mol. The standard InChI is InChI=1S/C17H26N4O5S/c1-12-18-15(11-19(12)2)27(25,26)20-9-6-13(7-10-20)16(22)21-8-4-3-5-14(21)17(23)24/h11,13-14H,3-10H2,1-2H3,(H,23,24). The number of carboxylic acids is 1. The zero-order valence-corrected chi connectivity index (χ0v) is 16.5.